The van der Waals surface area contributed by atoms with Crippen LogP contribution in [-0.2, 0) is 11.4 Å². The number of nitrogens with one attached hydrogen (secondary N) is 1. The summed E-state index contributed by atoms with van der Waals surface area (Å²) < 4.78 is 8.02. The SMILES string of the molecule is Cc1cccc(NC(=O)/C(C#N)=C\c2cc(I)c(OCc3cccc4ccccc34)c(I)c2)c1. The predicted molar refractivity (Wildman–Crippen MR) is 154 cm³/mol. The van der Waals surface area contributed by atoms with Crippen LogP contribution in [0.5, 0.6) is 5.75 Å². The molecular weight excluding hydrogens is 650 g/mol. The Bertz CT molecular complexity index is 1430. The van der Waals surface area contributed by atoms with Gasteiger partial charge in [0.25, 0.3) is 5.91 Å². The molecule has 1 amide bonds. The first kappa shape index (κ1) is 24.2. The third-order valence-corrected chi connectivity index (χ3v) is 6.83. The highest BCUT2D eigenvalue weighted by atomic mass is 127. The average molecular weight is 670 g/mol. The number of nitrogens with zero attached hydrogens (tertiary/aromatic N) is 1. The zero-order valence-electron chi connectivity index (χ0n) is 18.3. The highest BCUT2D eigenvalue weighted by Gasteiger charge is 2.13. The van der Waals surface area contributed by atoms with E-state index in [1.807, 2.05) is 61.5 Å². The summed E-state index contributed by atoms with van der Waals surface area (Å²) in [6.07, 6.45) is 1.60. The summed E-state index contributed by atoms with van der Waals surface area (Å²) in [6, 6.07) is 27.8. The second-order valence-electron chi connectivity index (χ2n) is 7.73. The molecule has 0 unspecified atom stereocenters. The molecule has 0 saturated heterocycles. The van der Waals surface area contributed by atoms with Gasteiger partial charge in [0.2, 0.25) is 0 Å². The monoisotopic (exact) mass is 670 g/mol. The number of carbonyl (C=O) groups excluding carboxylic acids is 1. The quantitative estimate of drug-likeness (QED) is 0.132. The second kappa shape index (κ2) is 11.0. The van der Waals surface area contributed by atoms with E-state index in [1.165, 1.54) is 10.8 Å². The minimum absolute atomic E-state index is 0.0394. The fraction of sp³-hybridized carbons (Fsp3) is 0.0714. The molecule has 6 heteroatoms. The number of fused-ring (bicyclic) bond motifs is 1. The molecule has 4 aromatic carbocycles. The minimum Gasteiger partial charge on any atom is -0.487 e. The Morgan fingerprint density at radius 2 is 1.71 bits per heavy atom. The number of halogens is 2. The Morgan fingerprint density at radius 3 is 2.44 bits per heavy atom. The Morgan fingerprint density at radius 1 is 1.00 bits per heavy atom. The molecule has 4 rings (SSSR count). The molecule has 0 aliphatic carbocycles. The Balaban J connectivity index is 1.53. The van der Waals surface area contributed by atoms with Gasteiger partial charge in [0.05, 0.1) is 7.14 Å². The fourth-order valence-corrected chi connectivity index (χ4v) is 5.73. The number of nitriles is 1. The number of ether oxygens (including phenoxy) is 1. The molecule has 0 atom stereocenters. The van der Waals surface area contributed by atoms with Crippen LogP contribution in [0.15, 0.2) is 84.4 Å². The molecule has 0 fully saturated rings. The molecule has 0 heterocycles. The van der Waals surface area contributed by atoms with Gasteiger partial charge in [-0.05, 0) is 110 Å². The molecule has 0 bridgehead atoms. The summed E-state index contributed by atoms with van der Waals surface area (Å²) in [5.74, 6) is 0.350. The number of benzene rings is 4. The maximum atomic E-state index is 12.6. The van der Waals surface area contributed by atoms with Gasteiger partial charge >= 0.3 is 0 Å². The van der Waals surface area contributed by atoms with Crippen molar-refractivity contribution < 1.29 is 9.53 Å². The van der Waals surface area contributed by atoms with Crippen molar-refractivity contribution >= 4 is 73.6 Å². The number of anilines is 1. The van der Waals surface area contributed by atoms with Crippen molar-refractivity contribution in [3.8, 4) is 11.8 Å². The zero-order valence-corrected chi connectivity index (χ0v) is 22.6. The molecule has 0 saturated carbocycles. The van der Waals surface area contributed by atoms with Crippen LogP contribution in [0.25, 0.3) is 16.8 Å². The number of carbonyl (C=O) groups is 1. The van der Waals surface area contributed by atoms with Crippen molar-refractivity contribution in [1.29, 1.82) is 5.26 Å². The molecule has 34 heavy (non-hydrogen) atoms. The highest BCUT2D eigenvalue weighted by Crippen LogP contribution is 2.31. The maximum absolute atomic E-state index is 12.6. The van der Waals surface area contributed by atoms with E-state index in [4.69, 9.17) is 4.74 Å². The number of amides is 1. The molecule has 0 aliphatic rings. The van der Waals surface area contributed by atoms with Gasteiger partial charge in [-0.2, -0.15) is 5.26 Å². The van der Waals surface area contributed by atoms with E-state index in [1.54, 1.807) is 12.1 Å². The molecule has 4 aromatic rings. The zero-order chi connectivity index (χ0) is 24.1. The van der Waals surface area contributed by atoms with Crippen LogP contribution in [0.2, 0.25) is 0 Å². The lowest BCUT2D eigenvalue weighted by Gasteiger charge is -2.13. The van der Waals surface area contributed by atoms with Crippen molar-refractivity contribution in [1.82, 2.24) is 0 Å². The van der Waals surface area contributed by atoms with Crippen LogP contribution in [-0.4, -0.2) is 5.91 Å². The first-order chi connectivity index (χ1) is 16.4. The van der Waals surface area contributed by atoms with Gasteiger partial charge in [-0.25, -0.2) is 0 Å². The van der Waals surface area contributed by atoms with Crippen LogP contribution < -0.4 is 10.1 Å². The van der Waals surface area contributed by atoms with Gasteiger partial charge < -0.3 is 10.1 Å². The first-order valence-electron chi connectivity index (χ1n) is 10.5. The summed E-state index contributed by atoms with van der Waals surface area (Å²) in [6.45, 7) is 2.40. The lowest BCUT2D eigenvalue weighted by molar-refractivity contribution is -0.112. The molecule has 0 spiro atoms. The lowest BCUT2D eigenvalue weighted by Crippen LogP contribution is -2.13. The molecule has 168 valence electrons. The summed E-state index contributed by atoms with van der Waals surface area (Å²) >= 11 is 4.46. The summed E-state index contributed by atoms with van der Waals surface area (Å²) in [5.41, 5.74) is 3.61. The third-order valence-electron chi connectivity index (χ3n) is 5.22. The van der Waals surface area contributed by atoms with E-state index in [-0.39, 0.29) is 5.57 Å². The van der Waals surface area contributed by atoms with E-state index in [2.05, 4.69) is 74.8 Å². The lowest BCUT2D eigenvalue weighted by atomic mass is 10.1. The molecule has 0 aromatic heterocycles. The number of hydrogen-bond donors (Lipinski definition) is 1. The fourth-order valence-electron chi connectivity index (χ4n) is 3.61. The van der Waals surface area contributed by atoms with E-state index in [0.717, 1.165) is 29.6 Å². The number of hydrogen-bond acceptors (Lipinski definition) is 3. The highest BCUT2D eigenvalue weighted by molar-refractivity contribution is 14.1. The van der Waals surface area contributed by atoms with Crippen molar-refractivity contribution in [2.45, 2.75) is 13.5 Å². The topological polar surface area (TPSA) is 62.1 Å². The van der Waals surface area contributed by atoms with Gasteiger partial charge in [0, 0.05) is 5.69 Å². The van der Waals surface area contributed by atoms with E-state index in [9.17, 15) is 10.1 Å². The Labute approximate surface area is 225 Å². The molecule has 0 aliphatic heterocycles. The van der Waals surface area contributed by atoms with E-state index < -0.39 is 5.91 Å². The van der Waals surface area contributed by atoms with Gasteiger partial charge in [-0.1, -0.05) is 54.6 Å². The largest absolute Gasteiger partial charge is 0.487 e. The van der Waals surface area contributed by atoms with Crippen LogP contribution in [0, 0.1) is 25.4 Å². The molecule has 1 N–H and O–H groups in total. The predicted octanol–water partition coefficient (Wildman–Crippen LogP) is 7.48. The van der Waals surface area contributed by atoms with E-state index >= 15 is 0 Å². The van der Waals surface area contributed by atoms with E-state index in [0.29, 0.717) is 12.3 Å². The van der Waals surface area contributed by atoms with Crippen LogP contribution >= 0.6 is 45.2 Å². The Kier molecular flexibility index (Phi) is 7.85. The van der Waals surface area contributed by atoms with Crippen LogP contribution in [0.1, 0.15) is 16.7 Å². The van der Waals surface area contributed by atoms with Crippen LogP contribution in [0.4, 0.5) is 5.69 Å². The van der Waals surface area contributed by atoms with Crippen molar-refractivity contribution in [3.05, 3.63) is 108 Å². The second-order valence-corrected chi connectivity index (χ2v) is 10.1. The van der Waals surface area contributed by atoms with Crippen molar-refractivity contribution in [2.75, 3.05) is 5.32 Å². The normalized spacial score (nSPS) is 11.2. The Hall–Kier alpha value is -2.90. The smallest absolute Gasteiger partial charge is 0.266 e. The van der Waals surface area contributed by atoms with Gasteiger partial charge in [-0.15, -0.1) is 0 Å². The van der Waals surface area contributed by atoms with Gasteiger partial charge in [0.15, 0.2) is 0 Å². The van der Waals surface area contributed by atoms with Crippen molar-refractivity contribution in [2.24, 2.45) is 0 Å². The average Bonchev–Trinajstić information content (AvgIpc) is 2.82. The number of rotatable bonds is 6. The summed E-state index contributed by atoms with van der Waals surface area (Å²) in [5, 5.41) is 14.7. The first-order valence-corrected chi connectivity index (χ1v) is 12.7. The molecular formula is C28H20I2N2O2. The van der Waals surface area contributed by atoms with Crippen molar-refractivity contribution in [3.63, 3.8) is 0 Å². The standard InChI is InChI=1S/C28H20I2N2O2/c1-18-6-4-10-23(12-18)32-28(33)22(16-31)13-19-14-25(29)27(26(30)15-19)34-17-21-9-5-8-20-7-2-3-11-24(20)21/h2-15H,17H2,1H3,(H,32,33)/b22-13-. The molecule has 0 radical (unpaired) electrons. The summed E-state index contributed by atoms with van der Waals surface area (Å²) in [7, 11) is 0. The minimum atomic E-state index is -0.436. The van der Waals surface area contributed by atoms with Gasteiger partial charge in [0.1, 0.15) is 24.0 Å². The van der Waals surface area contributed by atoms with Gasteiger partial charge in [-0.3, -0.25) is 4.79 Å². The van der Waals surface area contributed by atoms with Crippen LogP contribution in [0.3, 0.4) is 0 Å². The number of aryl methyl sites for hydroxylation is 1. The summed E-state index contributed by atoms with van der Waals surface area (Å²) in [4.78, 5) is 12.6. The maximum Gasteiger partial charge on any atom is 0.266 e. The molecule has 4 nitrogen and oxygen atoms in total. The third kappa shape index (κ3) is 5.77.